The van der Waals surface area contributed by atoms with E-state index >= 15 is 0 Å². The number of hydrazine groups is 1. The number of hydrogen-bond donors (Lipinski definition) is 2. The smallest absolute Gasteiger partial charge is 0.239 e. The molecule has 172 valence electrons. The van der Waals surface area contributed by atoms with Gasteiger partial charge in [-0.3, -0.25) is 19.9 Å². The lowest BCUT2D eigenvalue weighted by Gasteiger charge is -2.23. The van der Waals surface area contributed by atoms with Crippen LogP contribution >= 0.6 is 0 Å². The summed E-state index contributed by atoms with van der Waals surface area (Å²) in [6.07, 6.45) is 4.29. The summed E-state index contributed by atoms with van der Waals surface area (Å²) in [4.78, 5) is 30.0. The van der Waals surface area contributed by atoms with Crippen molar-refractivity contribution in [2.24, 2.45) is 5.92 Å². The van der Waals surface area contributed by atoms with Gasteiger partial charge in [-0.1, -0.05) is 62.6 Å². The number of nitrogens with one attached hydrogen (secondary N) is 2. The normalized spacial score (nSPS) is 12.9. The summed E-state index contributed by atoms with van der Waals surface area (Å²) in [7, 11) is 0. The second kappa shape index (κ2) is 12.7. The number of hydroxylamine groups is 2. The molecule has 8 heteroatoms. The molecule has 0 fully saturated rings. The van der Waals surface area contributed by atoms with Crippen LogP contribution in [0.25, 0.3) is 0 Å². The molecule has 0 saturated heterocycles. The highest BCUT2D eigenvalue weighted by atomic mass is 16.7. The Morgan fingerprint density at radius 3 is 2.72 bits per heavy atom. The van der Waals surface area contributed by atoms with Gasteiger partial charge < -0.3 is 9.47 Å². The molecule has 2 amide bonds. The lowest BCUT2D eigenvalue weighted by molar-refractivity contribution is -0.182. The molecule has 0 bridgehead atoms. The first-order valence-corrected chi connectivity index (χ1v) is 11.0. The fourth-order valence-electron chi connectivity index (χ4n) is 3.41. The minimum atomic E-state index is -0.383. The summed E-state index contributed by atoms with van der Waals surface area (Å²) in [6.45, 7) is 3.24. The molecule has 2 aromatic carbocycles. The van der Waals surface area contributed by atoms with Crippen molar-refractivity contribution in [2.45, 2.75) is 45.8 Å². The van der Waals surface area contributed by atoms with E-state index in [-0.39, 0.29) is 31.8 Å². The number of nitrogens with zero attached hydrogens (tertiary/aromatic N) is 1. The molecule has 2 aromatic rings. The average molecular weight is 442 g/mol. The van der Waals surface area contributed by atoms with E-state index in [4.69, 9.17) is 14.3 Å². The number of hydrogen-bond acceptors (Lipinski definition) is 6. The van der Waals surface area contributed by atoms with E-state index in [0.29, 0.717) is 25.1 Å². The molecule has 0 unspecified atom stereocenters. The maximum atomic E-state index is 12.8. The van der Waals surface area contributed by atoms with Crippen molar-refractivity contribution in [1.82, 2.24) is 15.9 Å². The third-order valence-electron chi connectivity index (χ3n) is 5.23. The van der Waals surface area contributed by atoms with Crippen LogP contribution in [0, 0.1) is 5.92 Å². The molecule has 3 rings (SSSR count). The first-order chi connectivity index (χ1) is 15.7. The third-order valence-corrected chi connectivity index (χ3v) is 5.23. The van der Waals surface area contributed by atoms with Crippen molar-refractivity contribution < 1.29 is 23.9 Å². The Morgan fingerprint density at radius 1 is 1.12 bits per heavy atom. The van der Waals surface area contributed by atoms with Gasteiger partial charge in [-0.2, -0.15) is 0 Å². The van der Waals surface area contributed by atoms with Gasteiger partial charge in [-0.05, 0) is 29.7 Å². The summed E-state index contributed by atoms with van der Waals surface area (Å²) in [5.41, 5.74) is 7.65. The van der Waals surface area contributed by atoms with Crippen molar-refractivity contribution in [3.05, 3.63) is 59.7 Å². The summed E-state index contributed by atoms with van der Waals surface area (Å²) in [5.74, 6) is 0.868. The molecule has 2 N–H and O–H groups in total. The number of unbranched alkanes of at least 4 members (excludes halogenated alkanes) is 2. The van der Waals surface area contributed by atoms with Gasteiger partial charge in [0.25, 0.3) is 0 Å². The Balaban J connectivity index is 1.50. The molecule has 0 saturated carbocycles. The van der Waals surface area contributed by atoms with Crippen molar-refractivity contribution in [1.29, 1.82) is 0 Å². The highest BCUT2D eigenvalue weighted by Crippen LogP contribution is 2.32. The maximum absolute atomic E-state index is 12.8. The van der Waals surface area contributed by atoms with Gasteiger partial charge in [0.05, 0.1) is 12.5 Å². The molecule has 0 aliphatic carbocycles. The number of ether oxygens (including phenoxy) is 2. The Bertz CT molecular complexity index is 862. The third kappa shape index (κ3) is 7.25. The van der Waals surface area contributed by atoms with Crippen molar-refractivity contribution in [3.63, 3.8) is 0 Å². The molecule has 0 spiro atoms. The fraction of sp³-hybridized carbons (Fsp3) is 0.417. The summed E-state index contributed by atoms with van der Waals surface area (Å²) in [5, 5.41) is 1.21. The molecular weight excluding hydrogens is 410 g/mol. The first kappa shape index (κ1) is 23.6. The molecule has 0 radical (unpaired) electrons. The number of benzene rings is 2. The van der Waals surface area contributed by atoms with Gasteiger partial charge >= 0.3 is 0 Å². The molecule has 1 heterocycles. The monoisotopic (exact) mass is 441 g/mol. The minimum absolute atomic E-state index is 0.169. The SMILES string of the molecule is CCCCC[C@H](CN(C=O)OCc1ccccc1)C(=O)NNCc1ccc2c(c1)OCO2. The van der Waals surface area contributed by atoms with E-state index in [2.05, 4.69) is 17.8 Å². The van der Waals surface area contributed by atoms with Crippen LogP contribution < -0.4 is 20.3 Å². The number of carbonyl (C=O) groups is 2. The summed E-state index contributed by atoms with van der Waals surface area (Å²) >= 11 is 0. The quantitative estimate of drug-likeness (QED) is 0.266. The lowest BCUT2D eigenvalue weighted by atomic mass is 10.0. The average Bonchev–Trinajstić information content (AvgIpc) is 3.29. The molecule has 1 aliphatic rings. The fourth-order valence-corrected chi connectivity index (χ4v) is 3.41. The highest BCUT2D eigenvalue weighted by Gasteiger charge is 2.22. The van der Waals surface area contributed by atoms with Gasteiger partial charge in [-0.25, -0.2) is 10.5 Å². The van der Waals surface area contributed by atoms with Crippen molar-refractivity contribution >= 4 is 12.3 Å². The topological polar surface area (TPSA) is 89.1 Å². The van der Waals surface area contributed by atoms with Gasteiger partial charge in [0.1, 0.15) is 6.61 Å². The molecule has 32 heavy (non-hydrogen) atoms. The van der Waals surface area contributed by atoms with Gasteiger partial charge in [0, 0.05) is 6.54 Å². The predicted molar refractivity (Wildman–Crippen MR) is 119 cm³/mol. The van der Waals surface area contributed by atoms with Crippen LogP contribution in [0.15, 0.2) is 48.5 Å². The molecule has 1 aliphatic heterocycles. The Labute approximate surface area is 188 Å². The van der Waals surface area contributed by atoms with E-state index in [1.54, 1.807) is 0 Å². The zero-order valence-electron chi connectivity index (χ0n) is 18.4. The minimum Gasteiger partial charge on any atom is -0.454 e. The molecule has 1 atom stereocenters. The lowest BCUT2D eigenvalue weighted by Crippen LogP contribution is -2.44. The zero-order valence-corrected chi connectivity index (χ0v) is 18.4. The summed E-state index contributed by atoms with van der Waals surface area (Å²) in [6, 6.07) is 15.2. The van der Waals surface area contributed by atoms with Crippen LogP contribution in [0.3, 0.4) is 0 Å². The van der Waals surface area contributed by atoms with Crippen LogP contribution in [0.5, 0.6) is 11.5 Å². The number of rotatable bonds is 14. The standard InChI is InChI=1S/C24H31N3O5/c1-2-3-5-10-21(15-27(17-28)32-16-19-8-6-4-7-9-19)24(29)26-25-14-20-11-12-22-23(13-20)31-18-30-22/h4,6-9,11-13,17,21,25H,2-3,5,10,14-16,18H2,1H3,(H,26,29)/t21-/m1/s1. The largest absolute Gasteiger partial charge is 0.454 e. The second-order valence-electron chi connectivity index (χ2n) is 7.69. The Hall–Kier alpha value is -3.10. The number of amides is 2. The van der Waals surface area contributed by atoms with Crippen LogP contribution in [-0.2, 0) is 27.6 Å². The highest BCUT2D eigenvalue weighted by molar-refractivity contribution is 5.78. The van der Waals surface area contributed by atoms with E-state index in [0.717, 1.165) is 36.1 Å². The number of carbonyl (C=O) groups excluding carboxylic acids is 2. The van der Waals surface area contributed by atoms with Crippen molar-refractivity contribution in [3.8, 4) is 11.5 Å². The Kier molecular flexibility index (Phi) is 9.34. The maximum Gasteiger partial charge on any atom is 0.239 e. The Morgan fingerprint density at radius 2 is 1.94 bits per heavy atom. The van der Waals surface area contributed by atoms with Gasteiger partial charge in [0.2, 0.25) is 19.1 Å². The molecule has 0 aromatic heterocycles. The van der Waals surface area contributed by atoms with E-state index in [1.165, 1.54) is 5.06 Å². The van der Waals surface area contributed by atoms with E-state index in [9.17, 15) is 9.59 Å². The van der Waals surface area contributed by atoms with E-state index < -0.39 is 0 Å². The summed E-state index contributed by atoms with van der Waals surface area (Å²) < 4.78 is 10.7. The van der Waals surface area contributed by atoms with Crippen LogP contribution in [-0.4, -0.2) is 30.7 Å². The first-order valence-electron chi connectivity index (χ1n) is 11.0. The van der Waals surface area contributed by atoms with Crippen LogP contribution in [0.4, 0.5) is 0 Å². The number of fused-ring (bicyclic) bond motifs is 1. The molecule has 8 nitrogen and oxygen atoms in total. The van der Waals surface area contributed by atoms with Gasteiger partial charge in [-0.15, -0.1) is 0 Å². The molecular formula is C24H31N3O5. The van der Waals surface area contributed by atoms with Crippen LogP contribution in [0.1, 0.15) is 43.7 Å². The van der Waals surface area contributed by atoms with E-state index in [1.807, 2.05) is 48.5 Å². The zero-order chi connectivity index (χ0) is 22.6. The second-order valence-corrected chi connectivity index (χ2v) is 7.69. The van der Waals surface area contributed by atoms with Gasteiger partial charge in [0.15, 0.2) is 11.5 Å². The predicted octanol–water partition coefficient (Wildman–Crippen LogP) is 3.32. The van der Waals surface area contributed by atoms with Crippen molar-refractivity contribution in [2.75, 3.05) is 13.3 Å². The van der Waals surface area contributed by atoms with Crippen LogP contribution in [0.2, 0.25) is 0 Å².